The third-order valence-electron chi connectivity index (χ3n) is 5.85. The van der Waals surface area contributed by atoms with Crippen LogP contribution in [0, 0.1) is 6.92 Å². The van der Waals surface area contributed by atoms with Gasteiger partial charge in [-0.15, -0.1) is 11.3 Å². The number of benzene rings is 3. The molecule has 0 aliphatic heterocycles. The Kier molecular flexibility index (Phi) is 6.09. The monoisotopic (exact) mass is 486 g/mol. The lowest BCUT2D eigenvalue weighted by Crippen LogP contribution is -2.20. The third kappa shape index (κ3) is 4.18. The van der Waals surface area contributed by atoms with Crippen LogP contribution in [0.15, 0.2) is 100 Å². The van der Waals surface area contributed by atoms with Crippen LogP contribution in [0.1, 0.15) is 11.3 Å². The van der Waals surface area contributed by atoms with Gasteiger partial charge in [0, 0.05) is 17.5 Å². The molecule has 0 aliphatic rings. The summed E-state index contributed by atoms with van der Waals surface area (Å²) in [6.45, 7) is 2.56. The smallest absolute Gasteiger partial charge is 0.297 e. The molecule has 0 bridgehead atoms. The molecule has 0 atom stereocenters. The molecule has 0 N–H and O–H groups in total. The van der Waals surface area contributed by atoms with Crippen LogP contribution in [0.4, 0.5) is 5.69 Å². The first-order valence-electron chi connectivity index (χ1n) is 10.9. The zero-order valence-electron chi connectivity index (χ0n) is 18.9. The van der Waals surface area contributed by atoms with Crippen molar-refractivity contribution in [1.29, 1.82) is 0 Å². The van der Waals surface area contributed by atoms with Gasteiger partial charge in [0.2, 0.25) is 0 Å². The first-order chi connectivity index (χ1) is 16.5. The summed E-state index contributed by atoms with van der Waals surface area (Å²) in [6.07, 6.45) is 0. The summed E-state index contributed by atoms with van der Waals surface area (Å²) >= 11 is 7.65. The molecule has 34 heavy (non-hydrogen) atoms. The molecule has 2 aromatic heterocycles. The highest BCUT2D eigenvalue weighted by atomic mass is 35.5. The zero-order chi connectivity index (χ0) is 23.7. The minimum absolute atomic E-state index is 0.140. The predicted molar refractivity (Wildman–Crippen MR) is 139 cm³/mol. The molecule has 5 nitrogen and oxygen atoms in total. The second-order valence-corrected chi connectivity index (χ2v) is 9.28. The highest BCUT2D eigenvalue weighted by Crippen LogP contribution is 2.24. The lowest BCUT2D eigenvalue weighted by molar-refractivity contribution is 0.630. The van der Waals surface area contributed by atoms with Crippen LogP contribution in [0.3, 0.4) is 0 Å². The molecule has 0 unspecified atom stereocenters. The molecule has 170 valence electrons. The number of thiazole rings is 1. The van der Waals surface area contributed by atoms with Crippen molar-refractivity contribution >= 4 is 28.6 Å². The Morgan fingerprint density at radius 2 is 1.56 bits per heavy atom. The van der Waals surface area contributed by atoms with Gasteiger partial charge in [-0.1, -0.05) is 72.3 Å². The Bertz CT molecular complexity index is 1560. The molecule has 2 heterocycles. The molecule has 3 aromatic carbocycles. The van der Waals surface area contributed by atoms with Crippen molar-refractivity contribution in [3.63, 3.8) is 0 Å². The van der Waals surface area contributed by atoms with Crippen LogP contribution in [0.25, 0.3) is 16.9 Å². The topological polar surface area (TPSA) is 44.2 Å². The van der Waals surface area contributed by atoms with Crippen LogP contribution in [0.2, 0.25) is 5.02 Å². The van der Waals surface area contributed by atoms with Crippen LogP contribution < -0.4 is 10.4 Å². The lowest BCUT2D eigenvalue weighted by Gasteiger charge is -2.09. The minimum Gasteiger partial charge on any atom is -0.312 e. The van der Waals surface area contributed by atoms with Gasteiger partial charge in [0.15, 0.2) is 10.5 Å². The fourth-order valence-electron chi connectivity index (χ4n) is 3.97. The van der Waals surface area contributed by atoms with Crippen molar-refractivity contribution in [3.8, 4) is 16.9 Å². The number of halogens is 1. The van der Waals surface area contributed by atoms with E-state index in [2.05, 4.69) is 22.1 Å². The Labute approximate surface area is 206 Å². The van der Waals surface area contributed by atoms with Gasteiger partial charge in [0.25, 0.3) is 5.56 Å². The SMILES string of the molecule is Cc1c(N=c2scc(-c3ccc(Cl)cc3)n2Cc2ccccc2)c(=O)n(-c2ccccc2)n1C. The van der Waals surface area contributed by atoms with Crippen LogP contribution >= 0.6 is 22.9 Å². The highest BCUT2D eigenvalue weighted by molar-refractivity contribution is 7.07. The van der Waals surface area contributed by atoms with E-state index in [9.17, 15) is 4.79 Å². The largest absolute Gasteiger partial charge is 0.312 e. The van der Waals surface area contributed by atoms with E-state index in [0.717, 1.165) is 33.0 Å². The number of para-hydroxylation sites is 1. The van der Waals surface area contributed by atoms with Gasteiger partial charge in [-0.2, -0.15) is 0 Å². The van der Waals surface area contributed by atoms with Gasteiger partial charge in [0.1, 0.15) is 0 Å². The number of aromatic nitrogens is 3. The Morgan fingerprint density at radius 1 is 0.912 bits per heavy atom. The van der Waals surface area contributed by atoms with E-state index in [1.165, 1.54) is 11.3 Å². The number of hydrogen-bond acceptors (Lipinski definition) is 3. The van der Waals surface area contributed by atoms with Crippen molar-refractivity contribution in [2.24, 2.45) is 12.0 Å². The van der Waals surface area contributed by atoms with E-state index in [4.69, 9.17) is 16.6 Å². The van der Waals surface area contributed by atoms with Crippen molar-refractivity contribution in [2.75, 3.05) is 0 Å². The zero-order valence-corrected chi connectivity index (χ0v) is 20.4. The molecule has 0 saturated carbocycles. The summed E-state index contributed by atoms with van der Waals surface area (Å²) in [5.41, 5.74) is 5.15. The van der Waals surface area contributed by atoms with Crippen molar-refractivity contribution in [2.45, 2.75) is 13.5 Å². The second-order valence-electron chi connectivity index (χ2n) is 8.00. The second kappa shape index (κ2) is 9.33. The summed E-state index contributed by atoms with van der Waals surface area (Å²) in [4.78, 5) is 19.1. The molecule has 0 radical (unpaired) electrons. The number of rotatable bonds is 5. The average Bonchev–Trinajstić information content (AvgIpc) is 3.34. The Hall–Kier alpha value is -3.61. The van der Waals surface area contributed by atoms with Gasteiger partial charge in [-0.3, -0.25) is 9.48 Å². The predicted octanol–water partition coefficient (Wildman–Crippen LogP) is 5.95. The van der Waals surface area contributed by atoms with E-state index < -0.39 is 0 Å². The van der Waals surface area contributed by atoms with Gasteiger partial charge in [-0.05, 0) is 42.3 Å². The first kappa shape index (κ1) is 22.2. The molecule has 0 saturated heterocycles. The standard InChI is InChI=1S/C27H23ClN4OS/c1-19-25(26(33)32(30(19)2)23-11-7-4-8-12-23)29-27-31(17-20-9-5-3-6-10-20)24(18-34-27)21-13-15-22(28)16-14-21/h3-16,18H,17H2,1-2H3. The van der Waals surface area contributed by atoms with Gasteiger partial charge in [0.05, 0.1) is 23.6 Å². The molecule has 5 rings (SSSR count). The summed E-state index contributed by atoms with van der Waals surface area (Å²) in [6, 6.07) is 27.7. The Morgan fingerprint density at radius 3 is 2.24 bits per heavy atom. The molecular formula is C27H23ClN4OS. The first-order valence-corrected chi connectivity index (χ1v) is 12.2. The van der Waals surface area contributed by atoms with Gasteiger partial charge < -0.3 is 4.57 Å². The lowest BCUT2D eigenvalue weighted by atomic mass is 10.1. The van der Waals surface area contributed by atoms with Crippen LogP contribution in [-0.4, -0.2) is 13.9 Å². The van der Waals surface area contributed by atoms with E-state index >= 15 is 0 Å². The highest BCUT2D eigenvalue weighted by Gasteiger charge is 2.17. The molecule has 7 heteroatoms. The fourth-order valence-corrected chi connectivity index (χ4v) is 5.01. The molecule has 0 amide bonds. The van der Waals surface area contributed by atoms with Gasteiger partial charge >= 0.3 is 0 Å². The van der Waals surface area contributed by atoms with Gasteiger partial charge in [-0.25, -0.2) is 9.67 Å². The average molecular weight is 487 g/mol. The summed E-state index contributed by atoms with van der Waals surface area (Å²) in [5.74, 6) is 0. The maximum atomic E-state index is 13.4. The number of nitrogens with zero attached hydrogens (tertiary/aromatic N) is 4. The summed E-state index contributed by atoms with van der Waals surface area (Å²) in [7, 11) is 1.88. The molecule has 0 aliphatic carbocycles. The van der Waals surface area contributed by atoms with Crippen LogP contribution in [0.5, 0.6) is 0 Å². The van der Waals surface area contributed by atoms with Crippen LogP contribution in [-0.2, 0) is 13.6 Å². The number of hydrogen-bond donors (Lipinski definition) is 0. The van der Waals surface area contributed by atoms with E-state index in [1.807, 2.05) is 91.4 Å². The van der Waals surface area contributed by atoms with E-state index in [-0.39, 0.29) is 5.56 Å². The van der Waals surface area contributed by atoms with Crippen molar-refractivity contribution in [3.05, 3.63) is 122 Å². The minimum atomic E-state index is -0.140. The molecular weight excluding hydrogens is 464 g/mol. The maximum absolute atomic E-state index is 13.4. The molecule has 0 spiro atoms. The fraction of sp³-hybridized carbons (Fsp3) is 0.111. The maximum Gasteiger partial charge on any atom is 0.297 e. The molecule has 5 aromatic rings. The van der Waals surface area contributed by atoms with Crippen molar-refractivity contribution in [1.82, 2.24) is 13.9 Å². The molecule has 0 fully saturated rings. The van der Waals surface area contributed by atoms with Crippen molar-refractivity contribution < 1.29 is 0 Å². The Balaban J connectivity index is 1.70. The van der Waals surface area contributed by atoms with E-state index in [1.54, 1.807) is 4.68 Å². The quantitative estimate of drug-likeness (QED) is 0.303. The summed E-state index contributed by atoms with van der Waals surface area (Å²) < 4.78 is 5.66. The van der Waals surface area contributed by atoms with E-state index in [0.29, 0.717) is 17.3 Å². The normalized spacial score (nSPS) is 11.8. The summed E-state index contributed by atoms with van der Waals surface area (Å²) in [5, 5.41) is 2.78. The third-order valence-corrected chi connectivity index (χ3v) is 6.97.